The lowest BCUT2D eigenvalue weighted by molar-refractivity contribution is 0.213. The molecule has 1 aromatic heterocycles. The smallest absolute Gasteiger partial charge is 0.217 e. The van der Waals surface area contributed by atoms with Crippen LogP contribution in [0.1, 0.15) is 41.8 Å². The predicted molar refractivity (Wildman–Crippen MR) is 79.0 cm³/mol. The Morgan fingerprint density at radius 3 is 2.50 bits per heavy atom. The summed E-state index contributed by atoms with van der Waals surface area (Å²) >= 11 is 0. The van der Waals surface area contributed by atoms with E-state index in [4.69, 9.17) is 4.74 Å². The molecule has 0 saturated carbocycles. The molecule has 0 bridgehead atoms. The number of benzene rings is 1. The maximum atomic E-state index is 10.6. The van der Waals surface area contributed by atoms with Gasteiger partial charge in [0, 0.05) is 7.05 Å². The summed E-state index contributed by atoms with van der Waals surface area (Å²) in [5.74, 6) is 0.604. The Morgan fingerprint density at radius 2 is 1.95 bits per heavy atom. The molecule has 0 saturated heterocycles. The molecular weight excluding hydrogens is 252 g/mol. The second-order valence-electron chi connectivity index (χ2n) is 5.03. The molecule has 1 unspecified atom stereocenters. The SMILES string of the molecule is CCCc1ccc(C(O)c2c(C)nn(C)c2OC)cc1. The first-order chi connectivity index (χ1) is 9.58. The Hall–Kier alpha value is -1.81. The standard InChI is InChI=1S/C16H22N2O2/c1-5-6-12-7-9-13(10-8-12)15(19)14-11(2)17-18(3)16(14)20-4/h7-10,15,19H,5-6H2,1-4H3. The second kappa shape index (κ2) is 6.09. The summed E-state index contributed by atoms with van der Waals surface area (Å²) in [6.07, 6.45) is 1.47. The van der Waals surface area contributed by atoms with Crippen molar-refractivity contribution in [3.8, 4) is 5.88 Å². The fraction of sp³-hybridized carbons (Fsp3) is 0.438. The Labute approximate surface area is 120 Å². The van der Waals surface area contributed by atoms with Crippen molar-refractivity contribution >= 4 is 0 Å². The van der Waals surface area contributed by atoms with Crippen molar-refractivity contribution in [2.45, 2.75) is 32.8 Å². The summed E-state index contributed by atoms with van der Waals surface area (Å²) < 4.78 is 6.99. The van der Waals surface area contributed by atoms with Gasteiger partial charge in [-0.15, -0.1) is 0 Å². The van der Waals surface area contributed by atoms with Crippen molar-refractivity contribution in [1.82, 2.24) is 9.78 Å². The van der Waals surface area contributed by atoms with Crippen LogP contribution in [0.15, 0.2) is 24.3 Å². The zero-order valence-electron chi connectivity index (χ0n) is 12.6. The third-order valence-electron chi connectivity index (χ3n) is 3.52. The first-order valence-electron chi connectivity index (χ1n) is 6.92. The van der Waals surface area contributed by atoms with Crippen molar-refractivity contribution < 1.29 is 9.84 Å². The Bertz CT molecular complexity index is 573. The van der Waals surface area contributed by atoms with E-state index in [-0.39, 0.29) is 0 Å². The van der Waals surface area contributed by atoms with Crippen LogP contribution < -0.4 is 4.74 Å². The van der Waals surface area contributed by atoms with Crippen LogP contribution in [0.3, 0.4) is 0 Å². The molecule has 2 aromatic rings. The lowest BCUT2D eigenvalue weighted by Gasteiger charge is -2.13. The molecule has 0 aliphatic heterocycles. The Morgan fingerprint density at radius 1 is 1.30 bits per heavy atom. The molecule has 0 radical (unpaired) electrons. The number of methoxy groups -OCH3 is 1. The summed E-state index contributed by atoms with van der Waals surface area (Å²) in [6.45, 7) is 4.04. The van der Waals surface area contributed by atoms with E-state index < -0.39 is 6.10 Å². The summed E-state index contributed by atoms with van der Waals surface area (Å²) in [5.41, 5.74) is 3.67. The van der Waals surface area contributed by atoms with Crippen LogP contribution in [-0.2, 0) is 13.5 Å². The number of aryl methyl sites for hydroxylation is 3. The van der Waals surface area contributed by atoms with E-state index >= 15 is 0 Å². The van der Waals surface area contributed by atoms with Crippen molar-refractivity contribution in [2.75, 3.05) is 7.11 Å². The highest BCUT2D eigenvalue weighted by molar-refractivity contribution is 5.40. The quantitative estimate of drug-likeness (QED) is 0.912. The lowest BCUT2D eigenvalue weighted by Crippen LogP contribution is -2.04. The normalized spacial score (nSPS) is 12.4. The van der Waals surface area contributed by atoms with Gasteiger partial charge in [0.05, 0.1) is 18.4 Å². The average molecular weight is 274 g/mol. The lowest BCUT2D eigenvalue weighted by atomic mass is 9.99. The molecule has 0 fully saturated rings. The average Bonchev–Trinajstić information content (AvgIpc) is 2.73. The van der Waals surface area contributed by atoms with E-state index in [2.05, 4.69) is 24.2 Å². The van der Waals surface area contributed by atoms with Gasteiger partial charge in [0.15, 0.2) is 0 Å². The van der Waals surface area contributed by atoms with Crippen molar-refractivity contribution in [3.05, 3.63) is 46.6 Å². The van der Waals surface area contributed by atoms with E-state index in [1.165, 1.54) is 5.56 Å². The Balaban J connectivity index is 2.33. The fourth-order valence-electron chi connectivity index (χ4n) is 2.53. The van der Waals surface area contributed by atoms with Crippen LogP contribution in [0.2, 0.25) is 0 Å². The molecule has 20 heavy (non-hydrogen) atoms. The van der Waals surface area contributed by atoms with Crippen LogP contribution in [-0.4, -0.2) is 22.0 Å². The number of rotatable bonds is 5. The minimum Gasteiger partial charge on any atom is -0.481 e. The number of aliphatic hydroxyl groups excluding tert-OH is 1. The molecule has 0 spiro atoms. The number of aromatic nitrogens is 2. The van der Waals surface area contributed by atoms with E-state index in [0.717, 1.165) is 29.7 Å². The third kappa shape index (κ3) is 2.70. The molecular formula is C16H22N2O2. The van der Waals surface area contributed by atoms with Crippen LogP contribution in [0.5, 0.6) is 5.88 Å². The van der Waals surface area contributed by atoms with Gasteiger partial charge in [-0.05, 0) is 24.5 Å². The number of hydrogen-bond donors (Lipinski definition) is 1. The molecule has 4 heteroatoms. The fourth-order valence-corrected chi connectivity index (χ4v) is 2.53. The van der Waals surface area contributed by atoms with Gasteiger partial charge in [-0.1, -0.05) is 37.6 Å². The summed E-state index contributed by atoms with van der Waals surface area (Å²) in [4.78, 5) is 0. The van der Waals surface area contributed by atoms with E-state index in [9.17, 15) is 5.11 Å². The van der Waals surface area contributed by atoms with Crippen LogP contribution >= 0.6 is 0 Å². The van der Waals surface area contributed by atoms with Crippen molar-refractivity contribution in [2.24, 2.45) is 7.05 Å². The van der Waals surface area contributed by atoms with Gasteiger partial charge in [-0.2, -0.15) is 5.10 Å². The first-order valence-corrected chi connectivity index (χ1v) is 6.92. The molecule has 1 aromatic carbocycles. The molecule has 1 atom stereocenters. The van der Waals surface area contributed by atoms with Gasteiger partial charge in [0.2, 0.25) is 5.88 Å². The van der Waals surface area contributed by atoms with Crippen LogP contribution in [0.4, 0.5) is 0 Å². The van der Waals surface area contributed by atoms with Gasteiger partial charge in [0.25, 0.3) is 0 Å². The van der Waals surface area contributed by atoms with Crippen LogP contribution in [0.25, 0.3) is 0 Å². The zero-order valence-corrected chi connectivity index (χ0v) is 12.6. The van der Waals surface area contributed by atoms with Gasteiger partial charge < -0.3 is 9.84 Å². The van der Waals surface area contributed by atoms with Gasteiger partial charge >= 0.3 is 0 Å². The first kappa shape index (κ1) is 14.6. The highest BCUT2D eigenvalue weighted by Gasteiger charge is 2.22. The zero-order chi connectivity index (χ0) is 14.7. The maximum Gasteiger partial charge on any atom is 0.217 e. The van der Waals surface area contributed by atoms with E-state index in [0.29, 0.717) is 5.88 Å². The van der Waals surface area contributed by atoms with Crippen molar-refractivity contribution in [1.29, 1.82) is 0 Å². The predicted octanol–water partition coefficient (Wildman–Crippen LogP) is 2.77. The molecule has 0 amide bonds. The topological polar surface area (TPSA) is 47.3 Å². The van der Waals surface area contributed by atoms with E-state index in [1.54, 1.807) is 11.8 Å². The monoisotopic (exact) mass is 274 g/mol. The minimum atomic E-state index is -0.714. The summed E-state index contributed by atoms with van der Waals surface area (Å²) in [7, 11) is 3.41. The summed E-state index contributed by atoms with van der Waals surface area (Å²) in [6, 6.07) is 8.09. The van der Waals surface area contributed by atoms with E-state index in [1.807, 2.05) is 26.1 Å². The number of nitrogens with zero attached hydrogens (tertiary/aromatic N) is 2. The molecule has 1 heterocycles. The highest BCUT2D eigenvalue weighted by atomic mass is 16.5. The second-order valence-corrected chi connectivity index (χ2v) is 5.03. The minimum absolute atomic E-state index is 0.604. The van der Waals surface area contributed by atoms with Gasteiger partial charge in [-0.25, -0.2) is 4.68 Å². The summed E-state index contributed by atoms with van der Waals surface area (Å²) in [5, 5.41) is 14.9. The van der Waals surface area contributed by atoms with Gasteiger partial charge in [0.1, 0.15) is 6.10 Å². The number of aliphatic hydroxyl groups is 1. The van der Waals surface area contributed by atoms with Gasteiger partial charge in [-0.3, -0.25) is 0 Å². The number of ether oxygens (including phenoxy) is 1. The largest absolute Gasteiger partial charge is 0.481 e. The molecule has 0 aliphatic carbocycles. The molecule has 2 rings (SSSR count). The molecule has 4 nitrogen and oxygen atoms in total. The van der Waals surface area contributed by atoms with Crippen molar-refractivity contribution in [3.63, 3.8) is 0 Å². The molecule has 1 N–H and O–H groups in total. The maximum absolute atomic E-state index is 10.6. The third-order valence-corrected chi connectivity index (χ3v) is 3.52. The Kier molecular flexibility index (Phi) is 4.45. The molecule has 0 aliphatic rings. The highest BCUT2D eigenvalue weighted by Crippen LogP contribution is 2.32. The molecule has 108 valence electrons. The van der Waals surface area contributed by atoms with Crippen LogP contribution in [0, 0.1) is 6.92 Å². The number of hydrogen-bond acceptors (Lipinski definition) is 3.